The maximum Gasteiger partial charge on any atom is 0.343 e. The molecular weight excluding hydrogens is 430 g/mol. The first kappa shape index (κ1) is 24.5. The molecule has 1 aromatic heterocycles. The Morgan fingerprint density at radius 1 is 1.09 bits per heavy atom. The summed E-state index contributed by atoms with van der Waals surface area (Å²) in [4.78, 5) is 30.5. The van der Waals surface area contributed by atoms with E-state index in [1.165, 1.54) is 29.9 Å². The first-order valence-electron chi connectivity index (χ1n) is 12.3. The van der Waals surface area contributed by atoms with Crippen molar-refractivity contribution in [2.75, 3.05) is 46.9 Å². The van der Waals surface area contributed by atoms with Crippen LogP contribution in [0.15, 0.2) is 29.1 Å². The molecule has 0 N–H and O–H groups in total. The van der Waals surface area contributed by atoms with E-state index < -0.39 is 5.97 Å². The van der Waals surface area contributed by atoms with Crippen molar-refractivity contribution in [1.82, 2.24) is 14.4 Å². The summed E-state index contributed by atoms with van der Waals surface area (Å²) in [6.45, 7) is 9.67. The number of hydrogen-bond donors (Lipinski definition) is 0. The molecule has 0 amide bonds. The lowest BCUT2D eigenvalue weighted by Gasteiger charge is -2.29. The Hall–Kier alpha value is -2.64. The largest absolute Gasteiger partial charge is 0.492 e. The highest BCUT2D eigenvalue weighted by Crippen LogP contribution is 2.26. The van der Waals surface area contributed by atoms with Gasteiger partial charge in [0.2, 0.25) is 0 Å². The van der Waals surface area contributed by atoms with Gasteiger partial charge in [-0.1, -0.05) is 18.2 Å². The van der Waals surface area contributed by atoms with Gasteiger partial charge >= 0.3 is 5.97 Å². The normalized spacial score (nSPS) is 19.4. The van der Waals surface area contributed by atoms with Gasteiger partial charge in [0, 0.05) is 56.8 Å². The van der Waals surface area contributed by atoms with E-state index in [2.05, 4.69) is 48.9 Å². The van der Waals surface area contributed by atoms with E-state index in [1.54, 1.807) is 4.57 Å². The van der Waals surface area contributed by atoms with Crippen molar-refractivity contribution in [3.8, 4) is 5.75 Å². The van der Waals surface area contributed by atoms with Crippen LogP contribution in [0.3, 0.4) is 0 Å². The summed E-state index contributed by atoms with van der Waals surface area (Å²) >= 11 is 0. The van der Waals surface area contributed by atoms with E-state index in [1.807, 2.05) is 0 Å². The van der Waals surface area contributed by atoms with Crippen LogP contribution in [0.5, 0.6) is 5.75 Å². The number of hydrogen-bond acceptors (Lipinski definition) is 6. The minimum absolute atomic E-state index is 0.119. The summed E-state index contributed by atoms with van der Waals surface area (Å²) in [5.74, 6) is 0.306. The Labute approximate surface area is 202 Å². The molecule has 0 aliphatic carbocycles. The van der Waals surface area contributed by atoms with Gasteiger partial charge in [-0.25, -0.2) is 4.79 Å². The number of carbonyl (C=O) groups excluding carboxylic acids is 1. The molecule has 2 aliphatic heterocycles. The van der Waals surface area contributed by atoms with Crippen LogP contribution in [0, 0.1) is 19.8 Å². The molecule has 184 valence electrons. The summed E-state index contributed by atoms with van der Waals surface area (Å²) in [5.41, 5.74) is 4.83. The number of methoxy groups -OCH3 is 1. The molecule has 1 atom stereocenters. The van der Waals surface area contributed by atoms with Gasteiger partial charge in [-0.05, 0) is 57.0 Å². The van der Waals surface area contributed by atoms with Gasteiger partial charge in [-0.2, -0.15) is 0 Å². The summed E-state index contributed by atoms with van der Waals surface area (Å²) in [6.07, 6.45) is 2.82. The molecule has 2 aliphatic rings. The van der Waals surface area contributed by atoms with Gasteiger partial charge in [-0.15, -0.1) is 0 Å². The predicted octanol–water partition coefficient (Wildman–Crippen LogP) is 3.03. The molecule has 0 radical (unpaired) electrons. The van der Waals surface area contributed by atoms with Crippen LogP contribution in [-0.4, -0.2) is 67.3 Å². The molecule has 1 saturated heterocycles. The van der Waals surface area contributed by atoms with Crippen molar-refractivity contribution in [2.24, 2.45) is 5.92 Å². The predicted molar refractivity (Wildman–Crippen MR) is 133 cm³/mol. The van der Waals surface area contributed by atoms with Gasteiger partial charge in [0.15, 0.2) is 0 Å². The van der Waals surface area contributed by atoms with Crippen molar-refractivity contribution in [2.45, 2.75) is 46.2 Å². The Morgan fingerprint density at radius 2 is 1.91 bits per heavy atom. The van der Waals surface area contributed by atoms with E-state index in [4.69, 9.17) is 9.47 Å². The number of benzene rings is 1. The highest BCUT2D eigenvalue weighted by atomic mass is 16.5. The zero-order valence-corrected chi connectivity index (χ0v) is 20.9. The van der Waals surface area contributed by atoms with Gasteiger partial charge in [0.1, 0.15) is 11.3 Å². The number of esters is 1. The van der Waals surface area contributed by atoms with Crippen LogP contribution in [0.4, 0.5) is 0 Å². The molecule has 0 bridgehead atoms. The van der Waals surface area contributed by atoms with Crippen molar-refractivity contribution in [3.63, 3.8) is 0 Å². The van der Waals surface area contributed by atoms with E-state index >= 15 is 0 Å². The molecule has 4 rings (SSSR count). The number of fused-ring (bicyclic) bond motifs is 1. The number of rotatable bonds is 6. The fourth-order valence-electron chi connectivity index (χ4n) is 5.16. The summed E-state index contributed by atoms with van der Waals surface area (Å²) in [6, 6.07) is 8.03. The SMILES string of the molecule is COC(=O)c1c(OC[C@H]2CCCN(C)C2)cc(=O)n2c1CCN(Cc1ccc(C)c(C)c1)CC2. The molecule has 0 saturated carbocycles. The number of ether oxygens (including phenoxy) is 2. The van der Waals surface area contributed by atoms with Crippen LogP contribution in [0.2, 0.25) is 0 Å². The Morgan fingerprint density at radius 3 is 2.65 bits per heavy atom. The Balaban J connectivity index is 1.55. The lowest BCUT2D eigenvalue weighted by molar-refractivity contribution is 0.0590. The maximum atomic E-state index is 13.1. The molecular formula is C27H37N3O4. The molecule has 1 fully saturated rings. The van der Waals surface area contributed by atoms with E-state index in [-0.39, 0.29) is 5.56 Å². The molecule has 0 spiro atoms. The lowest BCUT2D eigenvalue weighted by atomic mass is 9.99. The maximum absolute atomic E-state index is 13.1. The smallest absolute Gasteiger partial charge is 0.343 e. The fourth-order valence-corrected chi connectivity index (χ4v) is 5.16. The molecule has 34 heavy (non-hydrogen) atoms. The second-order valence-electron chi connectivity index (χ2n) is 9.84. The number of pyridine rings is 1. The number of likely N-dealkylation sites (tertiary alicyclic amines) is 1. The number of nitrogens with zero attached hydrogens (tertiary/aromatic N) is 3. The highest BCUT2D eigenvalue weighted by molar-refractivity contribution is 5.93. The molecule has 7 heteroatoms. The Kier molecular flexibility index (Phi) is 7.73. The van der Waals surface area contributed by atoms with Crippen molar-refractivity contribution in [1.29, 1.82) is 0 Å². The standard InChI is InChI=1S/C27H37N3O4/c1-19-7-8-21(14-20(19)2)17-29-11-9-23-26(27(32)33-4)24(15-25(31)30(23)13-12-29)34-18-22-6-5-10-28(3)16-22/h7-8,14-15,22H,5-6,9-13,16-18H2,1-4H3/t22-/m0/s1. The molecule has 7 nitrogen and oxygen atoms in total. The third kappa shape index (κ3) is 5.53. The zero-order chi connectivity index (χ0) is 24.2. The molecule has 2 aromatic rings. The van der Waals surface area contributed by atoms with E-state index in [9.17, 15) is 9.59 Å². The van der Waals surface area contributed by atoms with Crippen LogP contribution < -0.4 is 10.3 Å². The lowest BCUT2D eigenvalue weighted by Crippen LogP contribution is -2.35. The quantitative estimate of drug-likeness (QED) is 0.609. The third-order valence-electron chi connectivity index (χ3n) is 7.25. The van der Waals surface area contributed by atoms with Gasteiger partial charge in [-0.3, -0.25) is 9.69 Å². The number of aryl methyl sites for hydroxylation is 2. The van der Waals surface area contributed by atoms with Crippen LogP contribution in [0.1, 0.15) is 45.6 Å². The van der Waals surface area contributed by atoms with Crippen molar-refractivity contribution < 1.29 is 14.3 Å². The van der Waals surface area contributed by atoms with Crippen molar-refractivity contribution >= 4 is 5.97 Å². The van der Waals surface area contributed by atoms with Crippen molar-refractivity contribution in [3.05, 3.63) is 62.6 Å². The average Bonchev–Trinajstić information content (AvgIpc) is 3.03. The van der Waals surface area contributed by atoms with Gasteiger partial charge in [0.25, 0.3) is 5.56 Å². The fraction of sp³-hybridized carbons (Fsp3) is 0.556. The summed E-state index contributed by atoms with van der Waals surface area (Å²) < 4.78 is 13.0. The van der Waals surface area contributed by atoms with Crippen LogP contribution >= 0.6 is 0 Å². The topological polar surface area (TPSA) is 64.0 Å². The second kappa shape index (κ2) is 10.7. The monoisotopic (exact) mass is 467 g/mol. The zero-order valence-electron chi connectivity index (χ0n) is 20.9. The minimum Gasteiger partial charge on any atom is -0.492 e. The highest BCUT2D eigenvalue weighted by Gasteiger charge is 2.27. The first-order chi connectivity index (χ1) is 16.4. The molecule has 0 unspecified atom stereocenters. The Bertz CT molecular complexity index is 1090. The van der Waals surface area contributed by atoms with E-state index in [0.717, 1.165) is 51.3 Å². The number of carbonyl (C=O) groups is 1. The van der Waals surface area contributed by atoms with Crippen LogP contribution in [0.25, 0.3) is 0 Å². The van der Waals surface area contributed by atoms with Crippen LogP contribution in [-0.2, 0) is 24.2 Å². The number of piperidine rings is 1. The third-order valence-corrected chi connectivity index (χ3v) is 7.25. The molecule has 1 aromatic carbocycles. The minimum atomic E-state index is -0.442. The first-order valence-corrected chi connectivity index (χ1v) is 12.3. The molecule has 3 heterocycles. The van der Waals surface area contributed by atoms with Gasteiger partial charge < -0.3 is 18.9 Å². The summed E-state index contributed by atoms with van der Waals surface area (Å²) in [5, 5.41) is 0. The second-order valence-corrected chi connectivity index (χ2v) is 9.84. The number of aromatic nitrogens is 1. The average molecular weight is 468 g/mol. The van der Waals surface area contributed by atoms with Gasteiger partial charge in [0.05, 0.1) is 13.7 Å². The van der Waals surface area contributed by atoms with E-state index in [0.29, 0.717) is 36.8 Å². The summed E-state index contributed by atoms with van der Waals surface area (Å²) in [7, 11) is 3.50.